The van der Waals surface area contributed by atoms with Crippen molar-refractivity contribution in [1.82, 2.24) is 5.32 Å². The third-order valence-electron chi connectivity index (χ3n) is 5.46. The van der Waals surface area contributed by atoms with E-state index in [0.29, 0.717) is 23.6 Å². The Balaban J connectivity index is 1.45. The molecule has 3 aromatic rings. The number of aryl methyl sites for hydroxylation is 1. The summed E-state index contributed by atoms with van der Waals surface area (Å²) in [6, 6.07) is 24.9. The van der Waals surface area contributed by atoms with E-state index in [1.54, 1.807) is 24.3 Å². The van der Waals surface area contributed by atoms with E-state index in [0.717, 1.165) is 24.9 Å². The van der Waals surface area contributed by atoms with Crippen LogP contribution in [0.4, 0.5) is 11.4 Å². The highest BCUT2D eigenvalue weighted by Crippen LogP contribution is 2.24. The van der Waals surface area contributed by atoms with Crippen molar-refractivity contribution in [3.63, 3.8) is 0 Å². The molecule has 0 radical (unpaired) electrons. The number of ether oxygens (including phenoxy) is 1. The van der Waals surface area contributed by atoms with E-state index >= 15 is 0 Å². The van der Waals surface area contributed by atoms with Crippen molar-refractivity contribution in [2.24, 2.45) is 0 Å². The summed E-state index contributed by atoms with van der Waals surface area (Å²) in [5.41, 5.74) is 3.28. The zero-order valence-corrected chi connectivity index (χ0v) is 19.8. The Kier molecular flexibility index (Phi) is 9.52. The van der Waals surface area contributed by atoms with Crippen LogP contribution in [0, 0.1) is 0 Å². The van der Waals surface area contributed by atoms with Gasteiger partial charge in [0.1, 0.15) is 5.75 Å². The molecule has 0 aliphatic rings. The van der Waals surface area contributed by atoms with Crippen LogP contribution in [0.25, 0.3) is 0 Å². The molecule has 3 N–H and O–H groups in total. The number of amides is 2. The number of nitrogens with one attached hydrogen (secondary N) is 3. The SMILES string of the molecule is CCC(C)NC(=O)c1ccc(NCC(=O)Nc2ccccc2OCCCc2ccccc2)cc1. The molecule has 0 spiro atoms. The van der Waals surface area contributed by atoms with Gasteiger partial charge in [-0.2, -0.15) is 0 Å². The van der Waals surface area contributed by atoms with Crippen LogP contribution in [0.2, 0.25) is 0 Å². The van der Waals surface area contributed by atoms with Gasteiger partial charge in [0.2, 0.25) is 5.91 Å². The Morgan fingerprint density at radius 1 is 0.912 bits per heavy atom. The molecule has 178 valence electrons. The van der Waals surface area contributed by atoms with Crippen LogP contribution in [0.3, 0.4) is 0 Å². The van der Waals surface area contributed by atoms with E-state index in [2.05, 4.69) is 28.1 Å². The lowest BCUT2D eigenvalue weighted by Crippen LogP contribution is -2.31. The van der Waals surface area contributed by atoms with Crippen LogP contribution in [-0.2, 0) is 11.2 Å². The number of hydrogen-bond donors (Lipinski definition) is 3. The van der Waals surface area contributed by atoms with Crippen molar-refractivity contribution in [3.05, 3.63) is 90.0 Å². The summed E-state index contributed by atoms with van der Waals surface area (Å²) in [7, 11) is 0. The van der Waals surface area contributed by atoms with E-state index in [1.807, 2.05) is 56.3 Å². The van der Waals surface area contributed by atoms with Gasteiger partial charge < -0.3 is 20.7 Å². The highest BCUT2D eigenvalue weighted by Gasteiger charge is 2.10. The first-order valence-corrected chi connectivity index (χ1v) is 11.8. The van der Waals surface area contributed by atoms with Gasteiger partial charge in [0.05, 0.1) is 18.8 Å². The predicted octanol–water partition coefficient (Wildman–Crippen LogP) is 5.28. The second-order valence-electron chi connectivity index (χ2n) is 8.20. The zero-order valence-electron chi connectivity index (χ0n) is 19.8. The summed E-state index contributed by atoms with van der Waals surface area (Å²) in [4.78, 5) is 24.7. The van der Waals surface area contributed by atoms with Gasteiger partial charge in [-0.3, -0.25) is 9.59 Å². The fourth-order valence-corrected chi connectivity index (χ4v) is 3.32. The molecule has 0 saturated carbocycles. The Morgan fingerprint density at radius 2 is 1.62 bits per heavy atom. The number of carbonyl (C=O) groups is 2. The number of carbonyl (C=O) groups excluding carboxylic acids is 2. The third-order valence-corrected chi connectivity index (χ3v) is 5.46. The molecule has 0 aliphatic heterocycles. The molecule has 0 aliphatic carbocycles. The fraction of sp³-hybridized carbons (Fsp3) is 0.286. The number of hydrogen-bond acceptors (Lipinski definition) is 4. The second kappa shape index (κ2) is 13.0. The maximum atomic E-state index is 12.5. The Bertz CT molecular complexity index is 1050. The van der Waals surface area contributed by atoms with Crippen molar-refractivity contribution >= 4 is 23.2 Å². The molecular weight excluding hydrogens is 426 g/mol. The fourth-order valence-electron chi connectivity index (χ4n) is 3.32. The van der Waals surface area contributed by atoms with Gasteiger partial charge >= 0.3 is 0 Å². The molecule has 0 bridgehead atoms. The minimum Gasteiger partial charge on any atom is -0.491 e. The van der Waals surface area contributed by atoms with E-state index in [-0.39, 0.29) is 24.4 Å². The minimum atomic E-state index is -0.182. The Morgan fingerprint density at radius 3 is 2.35 bits per heavy atom. The van der Waals surface area contributed by atoms with E-state index < -0.39 is 0 Å². The summed E-state index contributed by atoms with van der Waals surface area (Å²) < 4.78 is 5.92. The third kappa shape index (κ3) is 7.96. The van der Waals surface area contributed by atoms with Gasteiger partial charge in [-0.15, -0.1) is 0 Å². The normalized spacial score (nSPS) is 11.4. The summed E-state index contributed by atoms with van der Waals surface area (Å²) in [5.74, 6) is 0.374. The molecule has 3 rings (SSSR count). The van der Waals surface area contributed by atoms with Crippen molar-refractivity contribution in [2.75, 3.05) is 23.8 Å². The van der Waals surface area contributed by atoms with Gasteiger partial charge in [-0.1, -0.05) is 49.4 Å². The standard InChI is InChI=1S/C28H33N3O3/c1-3-21(2)30-28(33)23-15-17-24(18-16-23)29-20-27(32)31-25-13-7-8-14-26(25)34-19-9-12-22-10-5-4-6-11-22/h4-8,10-11,13-18,21,29H,3,9,12,19-20H2,1-2H3,(H,30,33)(H,31,32). The van der Waals surface area contributed by atoms with Crippen molar-refractivity contribution in [2.45, 2.75) is 39.2 Å². The first kappa shape index (κ1) is 24.8. The van der Waals surface area contributed by atoms with E-state index in [1.165, 1.54) is 5.56 Å². The molecule has 1 atom stereocenters. The molecule has 1 unspecified atom stereocenters. The highest BCUT2D eigenvalue weighted by atomic mass is 16.5. The molecule has 3 aromatic carbocycles. The topological polar surface area (TPSA) is 79.5 Å². The van der Waals surface area contributed by atoms with Crippen LogP contribution in [0.15, 0.2) is 78.9 Å². The largest absolute Gasteiger partial charge is 0.491 e. The molecular formula is C28H33N3O3. The van der Waals surface area contributed by atoms with E-state index in [9.17, 15) is 9.59 Å². The summed E-state index contributed by atoms with van der Waals surface area (Å²) in [6.45, 7) is 4.66. The summed E-state index contributed by atoms with van der Waals surface area (Å²) >= 11 is 0. The maximum Gasteiger partial charge on any atom is 0.251 e. The minimum absolute atomic E-state index is 0.0980. The van der Waals surface area contributed by atoms with Gasteiger partial charge in [0.15, 0.2) is 0 Å². The van der Waals surface area contributed by atoms with Gasteiger partial charge in [-0.05, 0) is 68.1 Å². The molecule has 2 amide bonds. The van der Waals surface area contributed by atoms with Crippen molar-refractivity contribution in [1.29, 1.82) is 0 Å². The molecule has 0 aromatic heterocycles. The maximum absolute atomic E-state index is 12.5. The summed E-state index contributed by atoms with van der Waals surface area (Å²) in [5, 5.41) is 8.93. The molecule has 6 nitrogen and oxygen atoms in total. The first-order valence-electron chi connectivity index (χ1n) is 11.8. The smallest absolute Gasteiger partial charge is 0.251 e. The molecule has 0 saturated heterocycles. The molecule has 0 heterocycles. The monoisotopic (exact) mass is 459 g/mol. The van der Waals surface area contributed by atoms with Gasteiger partial charge in [0, 0.05) is 17.3 Å². The number of para-hydroxylation sites is 2. The van der Waals surface area contributed by atoms with Gasteiger partial charge in [-0.25, -0.2) is 0 Å². The summed E-state index contributed by atoms with van der Waals surface area (Å²) in [6.07, 6.45) is 2.71. The molecule has 34 heavy (non-hydrogen) atoms. The number of anilines is 2. The molecule has 6 heteroatoms. The van der Waals surface area contributed by atoms with Crippen LogP contribution >= 0.6 is 0 Å². The molecule has 0 fully saturated rings. The van der Waals surface area contributed by atoms with Crippen LogP contribution in [0.1, 0.15) is 42.6 Å². The van der Waals surface area contributed by atoms with Gasteiger partial charge in [0.25, 0.3) is 5.91 Å². The predicted molar refractivity (Wildman–Crippen MR) is 137 cm³/mol. The first-order chi connectivity index (χ1) is 16.5. The van der Waals surface area contributed by atoms with Crippen LogP contribution < -0.4 is 20.7 Å². The second-order valence-corrected chi connectivity index (χ2v) is 8.20. The Labute approximate surface area is 201 Å². The van der Waals surface area contributed by atoms with Crippen LogP contribution in [-0.4, -0.2) is 31.0 Å². The average Bonchev–Trinajstić information content (AvgIpc) is 2.87. The lowest BCUT2D eigenvalue weighted by Gasteiger charge is -2.14. The zero-order chi connectivity index (χ0) is 24.2. The average molecular weight is 460 g/mol. The van der Waals surface area contributed by atoms with E-state index in [4.69, 9.17) is 4.74 Å². The van der Waals surface area contributed by atoms with Crippen LogP contribution in [0.5, 0.6) is 5.75 Å². The highest BCUT2D eigenvalue weighted by molar-refractivity contribution is 5.96. The van der Waals surface area contributed by atoms with Crippen molar-refractivity contribution < 1.29 is 14.3 Å². The van der Waals surface area contributed by atoms with Crippen molar-refractivity contribution in [3.8, 4) is 5.75 Å². The lowest BCUT2D eigenvalue weighted by molar-refractivity contribution is -0.114. The number of benzene rings is 3. The number of rotatable bonds is 12. The Hall–Kier alpha value is -3.80. The quantitative estimate of drug-likeness (QED) is 0.322. The lowest BCUT2D eigenvalue weighted by atomic mass is 10.1.